The molecule has 1 aromatic carbocycles. The predicted octanol–water partition coefficient (Wildman–Crippen LogP) is 2.46. The number of nitrogens with one attached hydrogen (secondary N) is 1. The Kier molecular flexibility index (Phi) is 5.36. The molecule has 0 unspecified atom stereocenters. The fraction of sp³-hybridized carbons (Fsp3) is 0.647. The molecule has 21 heavy (non-hydrogen) atoms. The van der Waals surface area contributed by atoms with Crippen molar-refractivity contribution in [3.8, 4) is 0 Å². The standard InChI is InChI=1S/C17H28FN3/c1-19-11-14-6-7-16(18)15(10-14)12-21(4)13-17(20(2)3)8-5-9-17/h6-7,10,19H,5,8-9,11-13H2,1-4H3. The zero-order chi connectivity index (χ0) is 15.5. The molecule has 118 valence electrons. The summed E-state index contributed by atoms with van der Waals surface area (Å²) < 4.78 is 14.0. The van der Waals surface area contributed by atoms with Gasteiger partial charge in [-0.1, -0.05) is 12.1 Å². The molecule has 3 nitrogen and oxygen atoms in total. The second kappa shape index (κ2) is 6.86. The van der Waals surface area contributed by atoms with E-state index in [-0.39, 0.29) is 11.4 Å². The number of rotatable bonds is 7. The first-order valence-corrected chi connectivity index (χ1v) is 7.75. The molecule has 0 aromatic heterocycles. The molecule has 1 saturated carbocycles. The van der Waals surface area contributed by atoms with E-state index in [0.717, 1.165) is 24.2 Å². The minimum Gasteiger partial charge on any atom is -0.316 e. The molecule has 2 rings (SSSR count). The first-order chi connectivity index (χ1) is 9.97. The topological polar surface area (TPSA) is 18.5 Å². The minimum atomic E-state index is -0.103. The van der Waals surface area contributed by atoms with E-state index in [2.05, 4.69) is 36.3 Å². The summed E-state index contributed by atoms with van der Waals surface area (Å²) >= 11 is 0. The highest BCUT2D eigenvalue weighted by Gasteiger charge is 2.39. The normalized spacial score (nSPS) is 17.3. The average Bonchev–Trinajstić information content (AvgIpc) is 2.38. The van der Waals surface area contributed by atoms with Crippen LogP contribution in [-0.2, 0) is 13.1 Å². The predicted molar refractivity (Wildman–Crippen MR) is 85.8 cm³/mol. The van der Waals surface area contributed by atoms with Crippen LogP contribution in [0, 0.1) is 5.82 Å². The van der Waals surface area contributed by atoms with E-state index in [4.69, 9.17) is 0 Å². The maximum absolute atomic E-state index is 14.0. The lowest BCUT2D eigenvalue weighted by Crippen LogP contribution is -2.56. The van der Waals surface area contributed by atoms with Gasteiger partial charge in [-0.25, -0.2) is 4.39 Å². The molecule has 0 radical (unpaired) electrons. The fourth-order valence-corrected chi connectivity index (χ4v) is 3.24. The molecule has 0 atom stereocenters. The van der Waals surface area contributed by atoms with Gasteiger partial charge in [0.1, 0.15) is 5.82 Å². The zero-order valence-electron chi connectivity index (χ0n) is 13.7. The highest BCUT2D eigenvalue weighted by Crippen LogP contribution is 2.36. The molecule has 1 aliphatic rings. The Morgan fingerprint density at radius 2 is 1.95 bits per heavy atom. The molecule has 0 bridgehead atoms. The zero-order valence-corrected chi connectivity index (χ0v) is 13.7. The minimum absolute atomic E-state index is 0.103. The van der Waals surface area contributed by atoms with E-state index in [1.54, 1.807) is 6.07 Å². The molecular formula is C17H28FN3. The van der Waals surface area contributed by atoms with Crippen LogP contribution >= 0.6 is 0 Å². The Labute approximate surface area is 128 Å². The molecule has 0 aliphatic heterocycles. The van der Waals surface area contributed by atoms with Gasteiger partial charge in [0.25, 0.3) is 0 Å². The van der Waals surface area contributed by atoms with E-state index < -0.39 is 0 Å². The maximum atomic E-state index is 14.0. The Balaban J connectivity index is 2.02. The van der Waals surface area contributed by atoms with Gasteiger partial charge in [0, 0.05) is 30.7 Å². The van der Waals surface area contributed by atoms with E-state index in [1.807, 2.05) is 19.2 Å². The maximum Gasteiger partial charge on any atom is 0.127 e. The number of benzene rings is 1. The number of likely N-dealkylation sites (N-methyl/N-ethyl adjacent to an activating group) is 2. The number of nitrogens with zero attached hydrogens (tertiary/aromatic N) is 2. The van der Waals surface area contributed by atoms with E-state index in [1.165, 1.54) is 19.3 Å². The molecule has 1 aromatic rings. The Morgan fingerprint density at radius 3 is 2.48 bits per heavy atom. The number of halogens is 1. The van der Waals surface area contributed by atoms with Gasteiger partial charge in [-0.3, -0.25) is 0 Å². The van der Waals surface area contributed by atoms with E-state index in [9.17, 15) is 4.39 Å². The Hall–Kier alpha value is -0.970. The molecule has 0 saturated heterocycles. The first kappa shape index (κ1) is 16.4. The summed E-state index contributed by atoms with van der Waals surface area (Å²) in [6, 6.07) is 5.41. The SMILES string of the molecule is CNCc1ccc(F)c(CN(C)CC2(N(C)C)CCC2)c1. The quantitative estimate of drug-likeness (QED) is 0.833. The van der Waals surface area contributed by atoms with Crippen molar-refractivity contribution in [2.75, 3.05) is 34.7 Å². The largest absolute Gasteiger partial charge is 0.316 e. The third-order valence-corrected chi connectivity index (χ3v) is 4.73. The van der Waals surface area contributed by atoms with Crippen molar-refractivity contribution in [3.63, 3.8) is 0 Å². The van der Waals surface area contributed by atoms with E-state index >= 15 is 0 Å². The van der Waals surface area contributed by atoms with Crippen molar-refractivity contribution in [1.82, 2.24) is 15.1 Å². The molecule has 0 heterocycles. The van der Waals surface area contributed by atoms with Crippen LogP contribution in [0.3, 0.4) is 0 Å². The van der Waals surface area contributed by atoms with Gasteiger partial charge in [0.05, 0.1) is 0 Å². The second-order valence-corrected chi connectivity index (χ2v) is 6.60. The van der Waals surface area contributed by atoms with Crippen LogP contribution in [0.2, 0.25) is 0 Å². The third kappa shape index (κ3) is 3.82. The summed E-state index contributed by atoms with van der Waals surface area (Å²) in [5.41, 5.74) is 2.21. The van der Waals surface area contributed by atoms with Crippen LogP contribution in [0.25, 0.3) is 0 Å². The lowest BCUT2D eigenvalue weighted by atomic mass is 9.75. The number of hydrogen-bond donors (Lipinski definition) is 1. The Morgan fingerprint density at radius 1 is 1.24 bits per heavy atom. The lowest BCUT2D eigenvalue weighted by Gasteiger charge is -2.49. The van der Waals surface area contributed by atoms with Crippen molar-refractivity contribution in [2.24, 2.45) is 0 Å². The molecule has 1 aliphatic carbocycles. The van der Waals surface area contributed by atoms with Crippen LogP contribution in [0.5, 0.6) is 0 Å². The monoisotopic (exact) mass is 293 g/mol. The molecule has 1 N–H and O–H groups in total. The molecule has 0 amide bonds. The number of hydrogen-bond acceptors (Lipinski definition) is 3. The van der Waals surface area contributed by atoms with Crippen molar-refractivity contribution in [3.05, 3.63) is 35.1 Å². The smallest absolute Gasteiger partial charge is 0.127 e. The average molecular weight is 293 g/mol. The summed E-state index contributed by atoms with van der Waals surface area (Å²) in [5, 5.41) is 3.11. The molecule has 1 fully saturated rings. The van der Waals surface area contributed by atoms with Gasteiger partial charge < -0.3 is 15.1 Å². The van der Waals surface area contributed by atoms with Crippen LogP contribution in [0.4, 0.5) is 4.39 Å². The van der Waals surface area contributed by atoms with Gasteiger partial charge in [0.2, 0.25) is 0 Å². The Bertz CT molecular complexity index is 469. The van der Waals surface area contributed by atoms with Gasteiger partial charge in [-0.2, -0.15) is 0 Å². The van der Waals surface area contributed by atoms with Crippen LogP contribution < -0.4 is 5.32 Å². The molecule has 0 spiro atoms. The van der Waals surface area contributed by atoms with Crippen molar-refractivity contribution in [1.29, 1.82) is 0 Å². The van der Waals surface area contributed by atoms with Crippen molar-refractivity contribution < 1.29 is 4.39 Å². The lowest BCUT2D eigenvalue weighted by molar-refractivity contribution is 0.0256. The van der Waals surface area contributed by atoms with Crippen molar-refractivity contribution >= 4 is 0 Å². The van der Waals surface area contributed by atoms with Crippen LogP contribution in [0.1, 0.15) is 30.4 Å². The summed E-state index contributed by atoms with van der Waals surface area (Å²) in [4.78, 5) is 4.58. The highest BCUT2D eigenvalue weighted by molar-refractivity contribution is 5.25. The first-order valence-electron chi connectivity index (χ1n) is 7.75. The molecular weight excluding hydrogens is 265 g/mol. The van der Waals surface area contributed by atoms with Crippen molar-refractivity contribution in [2.45, 2.75) is 37.9 Å². The van der Waals surface area contributed by atoms with Gasteiger partial charge >= 0.3 is 0 Å². The summed E-state index contributed by atoms with van der Waals surface area (Å²) in [6.45, 7) is 2.44. The molecule has 4 heteroatoms. The van der Waals surface area contributed by atoms with E-state index in [0.29, 0.717) is 6.54 Å². The summed E-state index contributed by atoms with van der Waals surface area (Å²) in [5.74, 6) is -0.103. The van der Waals surface area contributed by atoms with Gasteiger partial charge in [-0.15, -0.1) is 0 Å². The highest BCUT2D eigenvalue weighted by atomic mass is 19.1. The summed E-state index contributed by atoms with van der Waals surface area (Å²) in [6.07, 6.45) is 3.79. The van der Waals surface area contributed by atoms with Crippen LogP contribution in [0.15, 0.2) is 18.2 Å². The third-order valence-electron chi connectivity index (χ3n) is 4.73. The van der Waals surface area contributed by atoms with Gasteiger partial charge in [0.15, 0.2) is 0 Å². The summed E-state index contributed by atoms with van der Waals surface area (Å²) in [7, 11) is 8.31. The van der Waals surface area contributed by atoms with Crippen LogP contribution in [-0.4, -0.2) is 50.1 Å². The van der Waals surface area contributed by atoms with Gasteiger partial charge in [-0.05, 0) is 59.1 Å². The second-order valence-electron chi connectivity index (χ2n) is 6.60. The fourth-order valence-electron chi connectivity index (χ4n) is 3.24.